The molecule has 1 amide bonds. The molecule has 0 aromatic heterocycles. The Labute approximate surface area is 148 Å². The van der Waals surface area contributed by atoms with Crippen LogP contribution in [0, 0.1) is 6.92 Å². The highest BCUT2D eigenvalue weighted by molar-refractivity contribution is 6.09. The molecule has 2 aliphatic heterocycles. The number of carbonyl (C=O) groups excluding carboxylic acids is 2. The molecule has 2 saturated heterocycles. The van der Waals surface area contributed by atoms with Gasteiger partial charge in [-0.2, -0.15) is 0 Å². The van der Waals surface area contributed by atoms with Crippen LogP contribution in [0.4, 0.5) is 0 Å². The Hall–Kier alpha value is -2.46. The van der Waals surface area contributed by atoms with E-state index in [2.05, 4.69) is 0 Å². The van der Waals surface area contributed by atoms with Gasteiger partial charge in [0.2, 0.25) is 5.91 Å². The van der Waals surface area contributed by atoms with Crippen LogP contribution < -0.4 is 0 Å². The van der Waals surface area contributed by atoms with E-state index in [1.165, 1.54) is 0 Å². The maximum absolute atomic E-state index is 12.9. The number of hydrogen-bond donors (Lipinski definition) is 0. The number of fused-ring (bicyclic) bond motifs is 1. The van der Waals surface area contributed by atoms with Crippen molar-refractivity contribution in [2.24, 2.45) is 0 Å². The van der Waals surface area contributed by atoms with Crippen LogP contribution in [0.5, 0.6) is 0 Å². The Morgan fingerprint density at radius 1 is 1.04 bits per heavy atom. The molecule has 4 nitrogen and oxygen atoms in total. The van der Waals surface area contributed by atoms with E-state index < -0.39 is 5.66 Å². The summed E-state index contributed by atoms with van der Waals surface area (Å²) in [6.45, 7) is 6.57. The molecule has 3 atom stereocenters. The molecule has 1 unspecified atom stereocenters. The van der Waals surface area contributed by atoms with Crippen molar-refractivity contribution in [2.75, 3.05) is 0 Å². The normalized spacial score (nSPS) is 26.4. The van der Waals surface area contributed by atoms with Gasteiger partial charge in [-0.15, -0.1) is 0 Å². The average molecular weight is 334 g/mol. The van der Waals surface area contributed by atoms with Gasteiger partial charge in [-0.1, -0.05) is 54.6 Å². The van der Waals surface area contributed by atoms with Crippen LogP contribution in [0.1, 0.15) is 35.3 Å². The molecule has 2 aliphatic rings. The minimum Gasteiger partial charge on any atom is -0.319 e. The maximum Gasteiger partial charge on any atom is 0.243 e. The summed E-state index contributed by atoms with van der Waals surface area (Å²) in [5.74, 6) is 0.115. The number of amides is 1. The van der Waals surface area contributed by atoms with E-state index in [4.69, 9.17) is 0 Å². The molecule has 2 heterocycles. The summed E-state index contributed by atoms with van der Waals surface area (Å²) < 4.78 is 0. The van der Waals surface area contributed by atoms with Gasteiger partial charge in [-0.3, -0.25) is 14.5 Å². The molecule has 2 aromatic rings. The SMILES string of the molecule is Cc1ccccc1C(=O)[C@H]1[C@H]2C(=O)N(Cc3ccccc3)C(C)(C)N21. The molecule has 4 rings (SSSR count). The summed E-state index contributed by atoms with van der Waals surface area (Å²) in [5, 5.41) is 0. The number of rotatable bonds is 4. The third-order valence-corrected chi connectivity index (χ3v) is 5.48. The fraction of sp³-hybridized carbons (Fsp3) is 0.333. The Morgan fingerprint density at radius 3 is 2.28 bits per heavy atom. The molecule has 0 bridgehead atoms. The van der Waals surface area contributed by atoms with Crippen LogP contribution in [0.15, 0.2) is 54.6 Å². The molecule has 2 aromatic carbocycles. The first-order chi connectivity index (χ1) is 11.9. The summed E-state index contributed by atoms with van der Waals surface area (Å²) in [6.07, 6.45) is 0. The van der Waals surface area contributed by atoms with E-state index in [1.807, 2.05) is 85.2 Å². The molecule has 128 valence electrons. The van der Waals surface area contributed by atoms with Crippen molar-refractivity contribution >= 4 is 11.7 Å². The lowest BCUT2D eigenvalue weighted by Crippen LogP contribution is -2.49. The van der Waals surface area contributed by atoms with E-state index in [9.17, 15) is 9.59 Å². The van der Waals surface area contributed by atoms with Crippen LogP contribution in [0.3, 0.4) is 0 Å². The molecule has 0 aliphatic carbocycles. The third-order valence-electron chi connectivity index (χ3n) is 5.48. The predicted molar refractivity (Wildman–Crippen MR) is 96.0 cm³/mol. The summed E-state index contributed by atoms with van der Waals surface area (Å²) in [6, 6.07) is 16.9. The Morgan fingerprint density at radius 2 is 1.68 bits per heavy atom. The van der Waals surface area contributed by atoms with Gasteiger partial charge in [0.25, 0.3) is 0 Å². The zero-order valence-electron chi connectivity index (χ0n) is 14.8. The molecule has 2 fully saturated rings. The van der Waals surface area contributed by atoms with Crippen molar-refractivity contribution < 1.29 is 9.59 Å². The second-order valence-corrected chi connectivity index (χ2v) is 7.38. The highest BCUT2D eigenvalue weighted by Crippen LogP contribution is 2.48. The average Bonchev–Trinajstić information content (AvgIpc) is 3.32. The fourth-order valence-electron chi connectivity index (χ4n) is 4.05. The number of hydrogen-bond acceptors (Lipinski definition) is 3. The molecule has 0 saturated carbocycles. The van der Waals surface area contributed by atoms with Crippen LogP contribution in [0.2, 0.25) is 0 Å². The number of benzene rings is 2. The molecular weight excluding hydrogens is 312 g/mol. The maximum atomic E-state index is 12.9. The first kappa shape index (κ1) is 16.0. The topological polar surface area (TPSA) is 40.4 Å². The van der Waals surface area contributed by atoms with Gasteiger partial charge in [0.15, 0.2) is 5.78 Å². The second-order valence-electron chi connectivity index (χ2n) is 7.38. The monoisotopic (exact) mass is 334 g/mol. The lowest BCUT2D eigenvalue weighted by atomic mass is 10.00. The van der Waals surface area contributed by atoms with Crippen molar-refractivity contribution in [3.8, 4) is 0 Å². The Bertz CT molecular complexity index is 844. The second kappa shape index (κ2) is 5.53. The van der Waals surface area contributed by atoms with E-state index in [0.29, 0.717) is 6.54 Å². The lowest BCUT2D eigenvalue weighted by Gasteiger charge is -2.36. The third kappa shape index (κ3) is 2.40. The van der Waals surface area contributed by atoms with Gasteiger partial charge in [0.1, 0.15) is 12.1 Å². The quantitative estimate of drug-likeness (QED) is 0.637. The standard InChI is InChI=1S/C21H22N2O2/c1-14-9-7-8-12-16(14)19(24)17-18-20(25)22(21(2,3)23(17)18)13-15-10-5-4-6-11-15/h4-12,17-18H,13H2,1-3H3/t17-,18+,23?/m1/s1. The lowest BCUT2D eigenvalue weighted by molar-refractivity contribution is -0.133. The van der Waals surface area contributed by atoms with Crippen LogP contribution in [-0.2, 0) is 11.3 Å². The van der Waals surface area contributed by atoms with Crippen LogP contribution in [-0.4, -0.2) is 39.2 Å². The van der Waals surface area contributed by atoms with E-state index in [1.54, 1.807) is 0 Å². The molecule has 25 heavy (non-hydrogen) atoms. The molecule has 4 heteroatoms. The van der Waals surface area contributed by atoms with Gasteiger partial charge in [-0.05, 0) is 31.9 Å². The number of ketones is 1. The zero-order valence-corrected chi connectivity index (χ0v) is 14.8. The summed E-state index contributed by atoms with van der Waals surface area (Å²) in [4.78, 5) is 29.8. The van der Waals surface area contributed by atoms with Gasteiger partial charge in [0.05, 0.1) is 5.66 Å². The number of nitrogens with zero attached hydrogens (tertiary/aromatic N) is 2. The van der Waals surface area contributed by atoms with Crippen molar-refractivity contribution in [3.05, 3.63) is 71.3 Å². The van der Waals surface area contributed by atoms with E-state index in [-0.39, 0.29) is 23.8 Å². The Balaban J connectivity index is 1.57. The van der Waals surface area contributed by atoms with Gasteiger partial charge in [-0.25, -0.2) is 0 Å². The molecular formula is C21H22N2O2. The summed E-state index contributed by atoms with van der Waals surface area (Å²) in [7, 11) is 0. The first-order valence-electron chi connectivity index (χ1n) is 8.66. The van der Waals surface area contributed by atoms with Crippen molar-refractivity contribution in [1.82, 2.24) is 9.80 Å². The predicted octanol–water partition coefficient (Wildman–Crippen LogP) is 3.01. The van der Waals surface area contributed by atoms with Crippen LogP contribution >= 0.6 is 0 Å². The number of aryl methyl sites for hydroxylation is 1. The van der Waals surface area contributed by atoms with E-state index in [0.717, 1.165) is 16.7 Å². The highest BCUT2D eigenvalue weighted by Gasteiger charge is 2.70. The van der Waals surface area contributed by atoms with E-state index >= 15 is 0 Å². The Kier molecular flexibility index (Phi) is 3.55. The first-order valence-corrected chi connectivity index (χ1v) is 8.66. The zero-order chi connectivity index (χ0) is 17.8. The number of Topliss-reactive ketones (excluding diaryl/α,β-unsaturated/α-hetero) is 1. The van der Waals surface area contributed by atoms with Crippen molar-refractivity contribution in [1.29, 1.82) is 0 Å². The van der Waals surface area contributed by atoms with Gasteiger partial charge < -0.3 is 4.90 Å². The van der Waals surface area contributed by atoms with Gasteiger partial charge >= 0.3 is 0 Å². The molecule has 0 spiro atoms. The summed E-state index contributed by atoms with van der Waals surface area (Å²) >= 11 is 0. The molecule has 0 N–H and O–H groups in total. The van der Waals surface area contributed by atoms with Crippen LogP contribution in [0.25, 0.3) is 0 Å². The van der Waals surface area contributed by atoms with Gasteiger partial charge in [0, 0.05) is 12.1 Å². The number of carbonyl (C=O) groups is 2. The molecule has 0 radical (unpaired) electrons. The smallest absolute Gasteiger partial charge is 0.243 e. The van der Waals surface area contributed by atoms with Crippen molar-refractivity contribution in [2.45, 2.75) is 45.1 Å². The van der Waals surface area contributed by atoms with Crippen molar-refractivity contribution in [3.63, 3.8) is 0 Å². The fourth-order valence-corrected chi connectivity index (χ4v) is 4.05. The summed E-state index contributed by atoms with van der Waals surface area (Å²) in [5.41, 5.74) is 2.33. The minimum absolute atomic E-state index is 0.0563. The largest absolute Gasteiger partial charge is 0.319 e. The minimum atomic E-state index is -0.458. The highest BCUT2D eigenvalue weighted by atomic mass is 16.2.